The Hall–Kier alpha value is -3.99. The molecule has 0 aromatic rings. The lowest BCUT2D eigenvalue weighted by atomic mass is 10.0. The maximum absolute atomic E-state index is 13.5. The van der Waals surface area contributed by atoms with E-state index in [0.717, 1.165) is 0 Å². The predicted octanol–water partition coefficient (Wildman–Crippen LogP) is -2.69. The number of nitrogens with two attached hydrogens (primary N) is 4. The molecule has 17 nitrogen and oxygen atoms in total. The normalized spacial score (nSPS) is 14.5. The van der Waals surface area contributed by atoms with E-state index in [4.69, 9.17) is 28.3 Å². The molecule has 17 heteroatoms. The van der Waals surface area contributed by atoms with Gasteiger partial charge in [-0.1, -0.05) is 27.7 Å². The van der Waals surface area contributed by atoms with Crippen LogP contribution >= 0.6 is 0 Å². The van der Waals surface area contributed by atoms with E-state index in [9.17, 15) is 33.9 Å². The smallest absolute Gasteiger partial charge is 0.326 e. The van der Waals surface area contributed by atoms with E-state index in [1.807, 2.05) is 13.8 Å². The Morgan fingerprint density at radius 2 is 1.23 bits per heavy atom. The van der Waals surface area contributed by atoms with Crippen molar-refractivity contribution in [2.75, 3.05) is 13.1 Å². The lowest BCUT2D eigenvalue weighted by Gasteiger charge is -2.27. The number of carboxylic acid groups (broad SMARTS) is 1. The molecule has 0 aliphatic rings. The molecule has 0 aromatic carbocycles. The summed E-state index contributed by atoms with van der Waals surface area (Å²) < 4.78 is 0. The second-order valence-corrected chi connectivity index (χ2v) is 11.4. The Morgan fingerprint density at radius 3 is 1.73 bits per heavy atom. The topological polar surface area (TPSA) is 311 Å². The molecule has 0 aliphatic carbocycles. The molecule has 0 bridgehead atoms. The van der Waals surface area contributed by atoms with Gasteiger partial charge in [-0.2, -0.15) is 0 Å². The number of carbonyl (C=O) groups excluding carboxylic acids is 5. The van der Waals surface area contributed by atoms with Crippen LogP contribution in [-0.2, 0) is 28.8 Å². The highest BCUT2D eigenvalue weighted by Gasteiger charge is 2.32. The summed E-state index contributed by atoms with van der Waals surface area (Å²) >= 11 is 0. The number of carboxylic acids is 1. The number of unbranched alkanes of at least 4 members (excludes halogenated alkanes) is 1. The van der Waals surface area contributed by atoms with Crippen molar-refractivity contribution in [2.45, 2.75) is 103 Å². The van der Waals surface area contributed by atoms with Gasteiger partial charge < -0.3 is 54.6 Å². The van der Waals surface area contributed by atoms with Crippen LogP contribution in [0.2, 0.25) is 0 Å². The number of amides is 5. The molecule has 0 aromatic heterocycles. The van der Waals surface area contributed by atoms with Gasteiger partial charge in [0.15, 0.2) is 5.96 Å². The molecular formula is C27H52N10O7. The molecule has 0 rings (SSSR count). The summed E-state index contributed by atoms with van der Waals surface area (Å²) in [5.74, 6) is -5.82. The molecular weight excluding hydrogens is 576 g/mol. The second kappa shape index (κ2) is 20.8. The first-order chi connectivity index (χ1) is 20.5. The van der Waals surface area contributed by atoms with Crippen molar-refractivity contribution in [3.05, 3.63) is 0 Å². The first-order valence-corrected chi connectivity index (χ1v) is 14.8. The van der Waals surface area contributed by atoms with E-state index < -0.39 is 72.1 Å². The van der Waals surface area contributed by atoms with Crippen LogP contribution in [0, 0.1) is 17.2 Å². The van der Waals surface area contributed by atoms with Crippen LogP contribution in [0.15, 0.2) is 0 Å². The minimum absolute atomic E-state index is 0.00740. The zero-order valence-corrected chi connectivity index (χ0v) is 26.1. The molecule has 44 heavy (non-hydrogen) atoms. The molecule has 5 atom stereocenters. The summed E-state index contributed by atoms with van der Waals surface area (Å²) in [5, 5.41) is 29.5. The van der Waals surface area contributed by atoms with Gasteiger partial charge in [0.05, 0.1) is 12.5 Å². The number of carbonyl (C=O) groups is 6. The molecule has 15 N–H and O–H groups in total. The van der Waals surface area contributed by atoms with Gasteiger partial charge in [0.2, 0.25) is 29.5 Å². The minimum atomic E-state index is -1.44. The number of hydrogen-bond acceptors (Lipinski definition) is 9. The van der Waals surface area contributed by atoms with Crippen molar-refractivity contribution in [3.63, 3.8) is 0 Å². The Bertz CT molecular complexity index is 992. The lowest BCUT2D eigenvalue weighted by molar-refractivity contribution is -0.142. The Balaban J connectivity index is 6.00. The number of primary amides is 1. The van der Waals surface area contributed by atoms with Crippen molar-refractivity contribution >= 4 is 41.5 Å². The molecule has 0 saturated carbocycles. The van der Waals surface area contributed by atoms with Gasteiger partial charge in [0, 0.05) is 6.54 Å². The third kappa shape index (κ3) is 16.6. The van der Waals surface area contributed by atoms with Crippen molar-refractivity contribution in [2.24, 2.45) is 34.8 Å². The van der Waals surface area contributed by atoms with E-state index in [1.54, 1.807) is 13.8 Å². The summed E-state index contributed by atoms with van der Waals surface area (Å²) in [6.45, 7) is 7.58. The minimum Gasteiger partial charge on any atom is -0.480 e. The molecule has 0 saturated heterocycles. The van der Waals surface area contributed by atoms with Crippen molar-refractivity contribution in [1.29, 1.82) is 5.41 Å². The number of guanidine groups is 1. The lowest BCUT2D eigenvalue weighted by Crippen LogP contribution is -2.59. The average Bonchev–Trinajstić information content (AvgIpc) is 2.91. The second-order valence-electron chi connectivity index (χ2n) is 11.4. The number of aliphatic carboxylic acids is 1. The molecule has 252 valence electrons. The highest BCUT2D eigenvalue weighted by molar-refractivity contribution is 5.97. The molecule has 5 amide bonds. The van der Waals surface area contributed by atoms with Crippen LogP contribution < -0.4 is 49.5 Å². The van der Waals surface area contributed by atoms with Crippen molar-refractivity contribution in [1.82, 2.24) is 26.6 Å². The summed E-state index contributed by atoms with van der Waals surface area (Å²) in [4.78, 5) is 75.8. The molecule has 0 spiro atoms. The number of rotatable bonds is 22. The first kappa shape index (κ1) is 40.0. The van der Waals surface area contributed by atoms with E-state index in [0.29, 0.717) is 19.4 Å². The monoisotopic (exact) mass is 628 g/mol. The average molecular weight is 629 g/mol. The maximum atomic E-state index is 13.5. The van der Waals surface area contributed by atoms with Crippen LogP contribution in [-0.4, -0.2) is 89.9 Å². The van der Waals surface area contributed by atoms with Crippen molar-refractivity contribution < 1.29 is 33.9 Å². The van der Waals surface area contributed by atoms with Crippen LogP contribution in [0.5, 0.6) is 0 Å². The van der Waals surface area contributed by atoms with E-state index >= 15 is 0 Å². The van der Waals surface area contributed by atoms with Crippen molar-refractivity contribution in [3.8, 4) is 0 Å². The Labute approximate surface area is 258 Å². The van der Waals surface area contributed by atoms with Gasteiger partial charge in [-0.25, -0.2) is 4.79 Å². The largest absolute Gasteiger partial charge is 0.480 e. The number of nitrogens with one attached hydrogen (secondary N) is 6. The summed E-state index contributed by atoms with van der Waals surface area (Å²) in [6, 6.07) is -6.00. The fourth-order valence-electron chi connectivity index (χ4n) is 4.05. The van der Waals surface area contributed by atoms with Gasteiger partial charge in [-0.3, -0.25) is 29.4 Å². The van der Waals surface area contributed by atoms with E-state index in [-0.39, 0.29) is 50.0 Å². The van der Waals surface area contributed by atoms with Gasteiger partial charge in [0.1, 0.15) is 24.2 Å². The van der Waals surface area contributed by atoms with Crippen LogP contribution in [0.1, 0.15) is 72.6 Å². The molecule has 0 fully saturated rings. The standard InChI is InChI=1S/C27H52N10O7/c1-14(2)12-18(23(40)35-17(26(43)44)8-5-6-10-28)36-22(39)16(9-7-11-33-27(31)32)34-24(41)19(13-20(29)38)37-25(42)21(30)15(3)4/h14-19,21H,5-13,28,30H2,1-4H3,(H2,29,38)(H,34,41)(H,35,40)(H,36,39)(H,37,42)(H,43,44)(H4,31,32,33)/t16-,17-,18-,19-,21-/m0/s1. The van der Waals surface area contributed by atoms with Crippen LogP contribution in [0.3, 0.4) is 0 Å². The van der Waals surface area contributed by atoms with Gasteiger partial charge in [-0.05, 0) is 56.9 Å². The zero-order valence-electron chi connectivity index (χ0n) is 26.1. The third-order valence-electron chi connectivity index (χ3n) is 6.58. The Morgan fingerprint density at radius 1 is 0.727 bits per heavy atom. The van der Waals surface area contributed by atoms with E-state index in [2.05, 4.69) is 26.6 Å². The van der Waals surface area contributed by atoms with Crippen LogP contribution in [0.4, 0.5) is 0 Å². The van der Waals surface area contributed by atoms with Gasteiger partial charge >= 0.3 is 5.97 Å². The fourth-order valence-corrected chi connectivity index (χ4v) is 4.05. The SMILES string of the molecule is CC(C)C[C@H](NC(=O)[C@H](CCCNC(=N)N)NC(=O)[C@H](CC(N)=O)NC(=O)[C@@H](N)C(C)C)C(=O)N[C@@H](CCCCN)C(=O)O. The van der Waals surface area contributed by atoms with Crippen LogP contribution in [0.25, 0.3) is 0 Å². The van der Waals surface area contributed by atoms with E-state index in [1.165, 1.54) is 0 Å². The maximum Gasteiger partial charge on any atom is 0.326 e. The third-order valence-corrected chi connectivity index (χ3v) is 6.58. The highest BCUT2D eigenvalue weighted by Crippen LogP contribution is 2.09. The molecule has 0 heterocycles. The number of hydrogen-bond donors (Lipinski definition) is 11. The zero-order chi connectivity index (χ0) is 34.0. The summed E-state index contributed by atoms with van der Waals surface area (Å²) in [6.07, 6.45) is 1.04. The molecule has 0 aliphatic heterocycles. The van der Waals surface area contributed by atoms with Gasteiger partial charge in [-0.15, -0.1) is 0 Å². The molecule has 0 unspecified atom stereocenters. The summed E-state index contributed by atoms with van der Waals surface area (Å²) in [7, 11) is 0. The Kier molecular flexibility index (Phi) is 18.9. The predicted molar refractivity (Wildman–Crippen MR) is 163 cm³/mol. The highest BCUT2D eigenvalue weighted by atomic mass is 16.4. The summed E-state index contributed by atoms with van der Waals surface area (Å²) in [5.41, 5.74) is 21.9. The molecule has 0 radical (unpaired) electrons. The fraction of sp³-hybridized carbons (Fsp3) is 0.741. The van der Waals surface area contributed by atoms with Gasteiger partial charge in [0.25, 0.3) is 0 Å². The quantitative estimate of drug-likeness (QED) is 0.0333. The first-order valence-electron chi connectivity index (χ1n) is 14.8.